The molecular weight excluding hydrogens is 224 g/mol. The third kappa shape index (κ3) is 4.49. The summed E-state index contributed by atoms with van der Waals surface area (Å²) >= 11 is 0. The van der Waals surface area contributed by atoms with Gasteiger partial charge in [-0.15, -0.1) is 0 Å². The molecule has 3 heteroatoms. The SMILES string of the molecule is CCc1ccc(N(C)C(=O)CNC(C)(C)C)cc1. The van der Waals surface area contributed by atoms with Crippen molar-refractivity contribution in [1.82, 2.24) is 5.32 Å². The van der Waals surface area contributed by atoms with Crippen LogP contribution in [0, 0.1) is 0 Å². The van der Waals surface area contributed by atoms with Crippen molar-refractivity contribution in [1.29, 1.82) is 0 Å². The third-order valence-corrected chi connectivity index (χ3v) is 2.88. The van der Waals surface area contributed by atoms with Crippen LogP contribution in [-0.2, 0) is 11.2 Å². The normalized spacial score (nSPS) is 11.4. The summed E-state index contributed by atoms with van der Waals surface area (Å²) < 4.78 is 0. The zero-order valence-electron chi connectivity index (χ0n) is 12.1. The number of hydrogen-bond donors (Lipinski definition) is 1. The van der Waals surface area contributed by atoms with Crippen LogP contribution >= 0.6 is 0 Å². The fourth-order valence-corrected chi connectivity index (χ4v) is 1.56. The minimum absolute atomic E-state index is 0.0391. The van der Waals surface area contributed by atoms with E-state index in [-0.39, 0.29) is 11.4 Å². The summed E-state index contributed by atoms with van der Waals surface area (Å²) in [7, 11) is 1.81. The van der Waals surface area contributed by atoms with Crippen LogP contribution in [0.2, 0.25) is 0 Å². The van der Waals surface area contributed by atoms with Crippen LogP contribution in [0.4, 0.5) is 5.69 Å². The number of likely N-dealkylation sites (N-methyl/N-ethyl adjacent to an activating group) is 1. The Hall–Kier alpha value is -1.35. The number of rotatable bonds is 4. The molecule has 0 spiro atoms. The zero-order chi connectivity index (χ0) is 13.8. The molecule has 0 aliphatic heterocycles. The molecule has 0 aromatic heterocycles. The van der Waals surface area contributed by atoms with Crippen molar-refractivity contribution in [2.75, 3.05) is 18.5 Å². The second-order valence-corrected chi connectivity index (χ2v) is 5.58. The van der Waals surface area contributed by atoms with Gasteiger partial charge in [0, 0.05) is 18.3 Å². The molecule has 1 N–H and O–H groups in total. The van der Waals surface area contributed by atoms with Gasteiger partial charge in [0.05, 0.1) is 6.54 Å². The van der Waals surface area contributed by atoms with Crippen LogP contribution in [0.5, 0.6) is 0 Å². The van der Waals surface area contributed by atoms with Crippen LogP contribution in [-0.4, -0.2) is 25.0 Å². The fraction of sp³-hybridized carbons (Fsp3) is 0.533. The Morgan fingerprint density at radius 3 is 2.22 bits per heavy atom. The number of carbonyl (C=O) groups excluding carboxylic acids is 1. The zero-order valence-corrected chi connectivity index (χ0v) is 12.1. The molecule has 1 aromatic rings. The van der Waals surface area contributed by atoms with E-state index in [2.05, 4.69) is 45.1 Å². The minimum Gasteiger partial charge on any atom is -0.314 e. The van der Waals surface area contributed by atoms with E-state index in [9.17, 15) is 4.79 Å². The maximum atomic E-state index is 12.0. The number of amides is 1. The molecule has 1 amide bonds. The molecule has 0 atom stereocenters. The van der Waals surface area contributed by atoms with Gasteiger partial charge in [0.1, 0.15) is 0 Å². The number of nitrogens with zero attached hydrogens (tertiary/aromatic N) is 1. The summed E-state index contributed by atoms with van der Waals surface area (Å²) in [4.78, 5) is 13.7. The largest absolute Gasteiger partial charge is 0.314 e. The Labute approximate surface area is 110 Å². The Morgan fingerprint density at radius 1 is 1.22 bits per heavy atom. The molecule has 0 saturated carbocycles. The second-order valence-electron chi connectivity index (χ2n) is 5.58. The Morgan fingerprint density at radius 2 is 1.78 bits per heavy atom. The van der Waals surface area contributed by atoms with E-state index in [1.807, 2.05) is 19.2 Å². The first-order chi connectivity index (χ1) is 8.33. The molecule has 1 rings (SSSR count). The number of nitrogens with one attached hydrogen (secondary N) is 1. The summed E-state index contributed by atoms with van der Waals surface area (Å²) in [5, 5.41) is 3.20. The topological polar surface area (TPSA) is 32.3 Å². The lowest BCUT2D eigenvalue weighted by Crippen LogP contribution is -2.43. The standard InChI is InChI=1S/C15H24N2O/c1-6-12-7-9-13(10-8-12)17(5)14(18)11-16-15(2,3)4/h7-10,16H,6,11H2,1-5H3. The van der Waals surface area contributed by atoms with E-state index in [1.165, 1.54) is 5.56 Å². The molecule has 18 heavy (non-hydrogen) atoms. The van der Waals surface area contributed by atoms with Crippen molar-refractivity contribution < 1.29 is 4.79 Å². The predicted molar refractivity (Wildman–Crippen MR) is 77.0 cm³/mol. The second kappa shape index (κ2) is 6.01. The average molecular weight is 248 g/mol. The maximum absolute atomic E-state index is 12.0. The first-order valence-electron chi connectivity index (χ1n) is 6.44. The summed E-state index contributed by atoms with van der Waals surface area (Å²) in [5.74, 6) is 0.0779. The Kier molecular flexibility index (Phi) is 4.91. The third-order valence-electron chi connectivity index (χ3n) is 2.88. The van der Waals surface area contributed by atoms with Crippen molar-refractivity contribution in [3.8, 4) is 0 Å². The molecule has 100 valence electrons. The van der Waals surface area contributed by atoms with Gasteiger partial charge in [-0.25, -0.2) is 0 Å². The van der Waals surface area contributed by atoms with Crippen LogP contribution in [0.15, 0.2) is 24.3 Å². The van der Waals surface area contributed by atoms with Crippen LogP contribution in [0.3, 0.4) is 0 Å². The van der Waals surface area contributed by atoms with E-state index in [0.717, 1.165) is 12.1 Å². The quantitative estimate of drug-likeness (QED) is 0.888. The van der Waals surface area contributed by atoms with Gasteiger partial charge >= 0.3 is 0 Å². The molecular formula is C15H24N2O. The highest BCUT2D eigenvalue weighted by Crippen LogP contribution is 2.14. The van der Waals surface area contributed by atoms with Crippen LogP contribution < -0.4 is 10.2 Å². The number of anilines is 1. The highest BCUT2D eigenvalue weighted by Gasteiger charge is 2.15. The Bertz CT molecular complexity index is 390. The van der Waals surface area contributed by atoms with Crippen molar-refractivity contribution in [2.24, 2.45) is 0 Å². The van der Waals surface area contributed by atoms with E-state index in [1.54, 1.807) is 4.90 Å². The van der Waals surface area contributed by atoms with Gasteiger partial charge in [0.15, 0.2) is 0 Å². The number of carbonyl (C=O) groups is 1. The molecule has 0 bridgehead atoms. The molecule has 0 radical (unpaired) electrons. The van der Waals surface area contributed by atoms with Crippen molar-refractivity contribution >= 4 is 11.6 Å². The van der Waals surface area contributed by atoms with Crippen LogP contribution in [0.1, 0.15) is 33.3 Å². The highest BCUT2D eigenvalue weighted by atomic mass is 16.2. The highest BCUT2D eigenvalue weighted by molar-refractivity contribution is 5.94. The van der Waals surface area contributed by atoms with E-state index >= 15 is 0 Å². The molecule has 0 heterocycles. The van der Waals surface area contributed by atoms with E-state index in [4.69, 9.17) is 0 Å². The smallest absolute Gasteiger partial charge is 0.240 e. The van der Waals surface area contributed by atoms with Crippen molar-refractivity contribution in [3.63, 3.8) is 0 Å². The molecule has 0 saturated heterocycles. The molecule has 0 aliphatic rings. The summed E-state index contributed by atoms with van der Waals surface area (Å²) in [6, 6.07) is 8.12. The fourth-order valence-electron chi connectivity index (χ4n) is 1.56. The lowest BCUT2D eigenvalue weighted by atomic mass is 10.1. The van der Waals surface area contributed by atoms with Crippen LogP contribution in [0.25, 0.3) is 0 Å². The van der Waals surface area contributed by atoms with Gasteiger partial charge in [-0.2, -0.15) is 0 Å². The number of benzene rings is 1. The summed E-state index contributed by atoms with van der Waals surface area (Å²) in [5.41, 5.74) is 2.18. The first-order valence-corrected chi connectivity index (χ1v) is 6.44. The summed E-state index contributed by atoms with van der Waals surface area (Å²) in [6.45, 7) is 8.63. The number of hydrogen-bond acceptors (Lipinski definition) is 2. The average Bonchev–Trinajstić information content (AvgIpc) is 2.34. The molecule has 3 nitrogen and oxygen atoms in total. The lowest BCUT2D eigenvalue weighted by Gasteiger charge is -2.23. The first kappa shape index (κ1) is 14.7. The van der Waals surface area contributed by atoms with E-state index < -0.39 is 0 Å². The van der Waals surface area contributed by atoms with Gasteiger partial charge in [0.25, 0.3) is 0 Å². The maximum Gasteiger partial charge on any atom is 0.240 e. The van der Waals surface area contributed by atoms with Gasteiger partial charge in [-0.3, -0.25) is 4.79 Å². The number of aryl methyl sites for hydroxylation is 1. The Balaban J connectivity index is 2.62. The molecule has 0 fully saturated rings. The van der Waals surface area contributed by atoms with Gasteiger partial charge in [-0.05, 0) is 44.9 Å². The summed E-state index contributed by atoms with van der Waals surface area (Å²) in [6.07, 6.45) is 1.02. The lowest BCUT2D eigenvalue weighted by molar-refractivity contribution is -0.117. The van der Waals surface area contributed by atoms with Crippen molar-refractivity contribution in [3.05, 3.63) is 29.8 Å². The predicted octanol–water partition coefficient (Wildman–Crippen LogP) is 2.60. The van der Waals surface area contributed by atoms with E-state index in [0.29, 0.717) is 6.54 Å². The van der Waals surface area contributed by atoms with Crippen molar-refractivity contribution in [2.45, 2.75) is 39.7 Å². The minimum atomic E-state index is -0.0391. The molecule has 0 aliphatic carbocycles. The molecule has 0 unspecified atom stereocenters. The monoisotopic (exact) mass is 248 g/mol. The van der Waals surface area contributed by atoms with Gasteiger partial charge in [-0.1, -0.05) is 19.1 Å². The molecule has 1 aromatic carbocycles. The van der Waals surface area contributed by atoms with Gasteiger partial charge < -0.3 is 10.2 Å². The van der Waals surface area contributed by atoms with Gasteiger partial charge in [0.2, 0.25) is 5.91 Å².